The van der Waals surface area contributed by atoms with Crippen LogP contribution < -0.4 is 0 Å². The lowest BCUT2D eigenvalue weighted by molar-refractivity contribution is -0.149. The Morgan fingerprint density at radius 1 is 1.00 bits per heavy atom. The molecule has 2 saturated heterocycles. The fourth-order valence-electron chi connectivity index (χ4n) is 7.11. The number of fused-ring (bicyclic) bond motifs is 2. The first-order valence-electron chi connectivity index (χ1n) is 15.0. The molecule has 4 aliphatic heterocycles. The van der Waals surface area contributed by atoms with E-state index < -0.39 is 29.6 Å². The molecule has 4 aliphatic rings. The molecule has 2 fully saturated rings. The van der Waals surface area contributed by atoms with Crippen LogP contribution in [0.3, 0.4) is 0 Å². The smallest absolute Gasteiger partial charge is 0.249 e. The van der Waals surface area contributed by atoms with Crippen LogP contribution in [0, 0.1) is 11.8 Å². The van der Waals surface area contributed by atoms with Gasteiger partial charge < -0.3 is 24.5 Å². The fraction of sp³-hybridized carbons (Fsp3) is 0.594. The number of benzene rings is 1. The van der Waals surface area contributed by atoms with E-state index in [2.05, 4.69) is 13.8 Å². The molecule has 0 radical (unpaired) electrons. The molecule has 0 aromatic heterocycles. The van der Waals surface area contributed by atoms with Crippen molar-refractivity contribution in [3.63, 3.8) is 0 Å². The van der Waals surface area contributed by atoms with Crippen LogP contribution in [-0.4, -0.2) is 87.6 Å². The average molecular weight is 550 g/mol. The van der Waals surface area contributed by atoms with Crippen LogP contribution >= 0.6 is 0 Å². The highest BCUT2D eigenvalue weighted by atomic mass is 16.5. The predicted octanol–water partition coefficient (Wildman–Crippen LogP) is 3.31. The Bertz CT molecular complexity index is 1140. The molecular formula is C32H43N3O5. The van der Waals surface area contributed by atoms with Gasteiger partial charge in [0.25, 0.3) is 0 Å². The molecule has 8 nitrogen and oxygen atoms in total. The molecule has 6 atom stereocenters. The molecule has 40 heavy (non-hydrogen) atoms. The topological polar surface area (TPSA) is 90.4 Å². The number of aliphatic hydroxyl groups excluding tert-OH is 1. The van der Waals surface area contributed by atoms with Gasteiger partial charge in [0.2, 0.25) is 17.7 Å². The van der Waals surface area contributed by atoms with E-state index in [-0.39, 0.29) is 30.4 Å². The van der Waals surface area contributed by atoms with E-state index in [0.29, 0.717) is 26.2 Å². The zero-order valence-corrected chi connectivity index (χ0v) is 23.8. The number of ether oxygens (including phenoxy) is 1. The molecule has 1 aromatic carbocycles. The summed E-state index contributed by atoms with van der Waals surface area (Å²) in [5.74, 6) is -1.79. The fourth-order valence-corrected chi connectivity index (χ4v) is 7.11. The summed E-state index contributed by atoms with van der Waals surface area (Å²) in [4.78, 5) is 48.2. The van der Waals surface area contributed by atoms with E-state index in [1.54, 1.807) is 9.80 Å². The van der Waals surface area contributed by atoms with E-state index in [1.165, 1.54) is 0 Å². The molecule has 0 saturated carbocycles. The lowest BCUT2D eigenvalue weighted by Gasteiger charge is -2.37. The van der Waals surface area contributed by atoms with Gasteiger partial charge >= 0.3 is 0 Å². The molecule has 3 amide bonds. The maximum absolute atomic E-state index is 14.3. The first kappa shape index (κ1) is 28.6. The minimum atomic E-state index is -1.18. The summed E-state index contributed by atoms with van der Waals surface area (Å²) in [6, 6.07) is 9.11. The van der Waals surface area contributed by atoms with Crippen molar-refractivity contribution in [1.82, 2.24) is 14.7 Å². The van der Waals surface area contributed by atoms with Crippen LogP contribution in [0.5, 0.6) is 0 Å². The average Bonchev–Trinajstić information content (AvgIpc) is 3.26. The van der Waals surface area contributed by atoms with Crippen LogP contribution in [0.15, 0.2) is 54.6 Å². The van der Waals surface area contributed by atoms with Crippen LogP contribution in [0.25, 0.3) is 0 Å². The van der Waals surface area contributed by atoms with Gasteiger partial charge in [0.1, 0.15) is 11.6 Å². The third-order valence-electron chi connectivity index (χ3n) is 9.04. The minimum absolute atomic E-state index is 0.0348. The largest absolute Gasteiger partial charge is 0.396 e. The van der Waals surface area contributed by atoms with Gasteiger partial charge in [-0.1, -0.05) is 80.8 Å². The summed E-state index contributed by atoms with van der Waals surface area (Å²) in [7, 11) is 0. The number of amides is 3. The molecule has 4 heterocycles. The second kappa shape index (κ2) is 12.3. The monoisotopic (exact) mass is 549 g/mol. The quantitative estimate of drug-likeness (QED) is 0.338. The number of rotatable bonds is 11. The number of carbonyl (C=O) groups excluding carboxylic acids is 3. The van der Waals surface area contributed by atoms with E-state index in [1.807, 2.05) is 59.5 Å². The third-order valence-corrected chi connectivity index (χ3v) is 9.04. The first-order valence-corrected chi connectivity index (χ1v) is 15.0. The normalized spacial score (nSPS) is 30.3. The van der Waals surface area contributed by atoms with Crippen LogP contribution in [0.1, 0.15) is 57.9 Å². The lowest BCUT2D eigenvalue weighted by atomic mass is 9.77. The van der Waals surface area contributed by atoms with Crippen molar-refractivity contribution in [3.05, 3.63) is 60.2 Å². The van der Waals surface area contributed by atoms with Gasteiger partial charge in [-0.3, -0.25) is 14.4 Å². The number of nitrogens with zero attached hydrogens (tertiary/aromatic N) is 3. The third kappa shape index (κ3) is 5.12. The van der Waals surface area contributed by atoms with Gasteiger partial charge in [0.05, 0.1) is 17.9 Å². The second-order valence-electron chi connectivity index (χ2n) is 11.7. The molecule has 0 bridgehead atoms. The Hall–Kier alpha value is -2.97. The van der Waals surface area contributed by atoms with Gasteiger partial charge in [0, 0.05) is 38.8 Å². The Morgan fingerprint density at radius 3 is 2.52 bits per heavy atom. The van der Waals surface area contributed by atoms with Gasteiger partial charge in [-0.05, 0) is 31.7 Å². The summed E-state index contributed by atoms with van der Waals surface area (Å²) in [5, 5.41) is 9.16. The van der Waals surface area contributed by atoms with Gasteiger partial charge in [-0.2, -0.15) is 0 Å². The van der Waals surface area contributed by atoms with Crippen molar-refractivity contribution in [2.24, 2.45) is 11.8 Å². The number of carbonyl (C=O) groups is 3. The Balaban J connectivity index is 1.48. The molecule has 0 aliphatic carbocycles. The van der Waals surface area contributed by atoms with E-state index >= 15 is 0 Å². The summed E-state index contributed by atoms with van der Waals surface area (Å²) in [6.07, 6.45) is 12.2. The molecular weight excluding hydrogens is 506 g/mol. The highest BCUT2D eigenvalue weighted by molar-refractivity contribution is 5.99. The summed E-state index contributed by atoms with van der Waals surface area (Å²) < 4.78 is 6.75. The number of hydrogen-bond acceptors (Lipinski definition) is 5. The van der Waals surface area contributed by atoms with Crippen LogP contribution in [0.2, 0.25) is 0 Å². The number of aliphatic hydroxyl groups is 1. The van der Waals surface area contributed by atoms with Crippen molar-refractivity contribution in [1.29, 1.82) is 0 Å². The summed E-state index contributed by atoms with van der Waals surface area (Å²) >= 11 is 0. The van der Waals surface area contributed by atoms with Crippen molar-refractivity contribution in [3.8, 4) is 0 Å². The highest BCUT2D eigenvalue weighted by Gasteiger charge is 2.71. The molecule has 1 aromatic rings. The maximum atomic E-state index is 14.3. The second-order valence-corrected chi connectivity index (χ2v) is 11.7. The summed E-state index contributed by atoms with van der Waals surface area (Å²) in [6.45, 7) is 6.12. The Kier molecular flexibility index (Phi) is 8.76. The Labute approximate surface area is 237 Å². The lowest BCUT2D eigenvalue weighted by Crippen LogP contribution is -2.56. The zero-order chi connectivity index (χ0) is 28.3. The molecule has 8 heteroatoms. The van der Waals surface area contributed by atoms with Crippen LogP contribution in [0.4, 0.5) is 0 Å². The van der Waals surface area contributed by atoms with E-state index in [4.69, 9.17) is 9.84 Å². The number of hydrogen-bond donors (Lipinski definition) is 1. The molecule has 1 N–H and O–H groups in total. The minimum Gasteiger partial charge on any atom is -0.396 e. The standard InChI is InChI=1S/C32H43N3O5/c1-3-13-23(2)34-20-12-17-32-27(30(38)35(28(32)31(34)39)19-9-4-5-10-21-36)26-25(40-32)16-11-18-33(29(26)37)22-24-14-7-6-8-15-24/h6-8,11-12,14-17,23,25-28,36H,3-5,9-10,13,18-22H2,1-2H3/t23?,25-,26+,27-,28?,32-/m0/s1. The van der Waals surface area contributed by atoms with Crippen molar-refractivity contribution in [2.45, 2.75) is 82.7 Å². The van der Waals surface area contributed by atoms with Gasteiger partial charge in [-0.15, -0.1) is 0 Å². The maximum Gasteiger partial charge on any atom is 0.249 e. The van der Waals surface area contributed by atoms with Gasteiger partial charge in [0.15, 0.2) is 0 Å². The number of unbranched alkanes of at least 4 members (excludes halogenated alkanes) is 3. The van der Waals surface area contributed by atoms with Crippen LogP contribution in [-0.2, 0) is 25.7 Å². The predicted molar refractivity (Wildman–Crippen MR) is 152 cm³/mol. The molecule has 5 rings (SSSR count). The number of likely N-dealkylation sites (tertiary alicyclic amines) is 1. The van der Waals surface area contributed by atoms with Gasteiger partial charge in [-0.25, -0.2) is 0 Å². The van der Waals surface area contributed by atoms with E-state index in [9.17, 15) is 14.4 Å². The molecule has 1 spiro atoms. The zero-order valence-electron chi connectivity index (χ0n) is 23.8. The van der Waals surface area contributed by atoms with Crippen molar-refractivity contribution < 1.29 is 24.2 Å². The summed E-state index contributed by atoms with van der Waals surface area (Å²) in [5.41, 5.74) is -0.146. The highest BCUT2D eigenvalue weighted by Crippen LogP contribution is 2.53. The Morgan fingerprint density at radius 2 is 1.77 bits per heavy atom. The SMILES string of the molecule is CCCC(C)N1CC=C[C@]23O[C@H]4C=CCN(Cc5ccccc5)C(=O)[C@H]4[C@H]2C(=O)N(CCCCCCO)C3C1=O. The van der Waals surface area contributed by atoms with E-state index in [0.717, 1.165) is 44.1 Å². The molecule has 216 valence electrons. The van der Waals surface area contributed by atoms with Crippen molar-refractivity contribution >= 4 is 17.7 Å². The van der Waals surface area contributed by atoms with Crippen molar-refractivity contribution in [2.75, 3.05) is 26.2 Å². The first-order chi connectivity index (χ1) is 19.4. The molecule has 2 unspecified atom stereocenters.